The monoisotopic (exact) mass is 180 g/mol. The molecule has 1 atom stereocenters. The molecule has 1 aromatic carbocycles. The van der Waals surface area contributed by atoms with Crippen LogP contribution in [-0.4, -0.2) is 5.26 Å². The van der Waals surface area contributed by atoms with E-state index in [2.05, 4.69) is 24.8 Å². The van der Waals surface area contributed by atoms with Gasteiger partial charge in [-0.1, -0.05) is 38.1 Å². The van der Waals surface area contributed by atoms with Crippen LogP contribution < -0.4 is 0 Å². The van der Waals surface area contributed by atoms with E-state index in [0.29, 0.717) is 5.92 Å². The molecule has 0 aromatic heterocycles. The van der Waals surface area contributed by atoms with Crippen LogP contribution in [-0.2, 0) is 11.5 Å². The van der Waals surface area contributed by atoms with Crippen LogP contribution in [0.5, 0.6) is 0 Å². The van der Waals surface area contributed by atoms with Crippen LogP contribution in [0.25, 0.3) is 0 Å². The van der Waals surface area contributed by atoms with Crippen molar-refractivity contribution in [3.63, 3.8) is 0 Å². The highest BCUT2D eigenvalue weighted by atomic mass is 17.1. The van der Waals surface area contributed by atoms with Gasteiger partial charge in [0.05, 0.1) is 0 Å². The zero-order valence-electron chi connectivity index (χ0n) is 8.16. The van der Waals surface area contributed by atoms with Gasteiger partial charge in [-0.3, -0.25) is 5.26 Å². The smallest absolute Gasteiger partial charge is 0.107 e. The second kappa shape index (κ2) is 5.00. The van der Waals surface area contributed by atoms with Gasteiger partial charge in [0, 0.05) is 0 Å². The van der Waals surface area contributed by atoms with Crippen LogP contribution in [0.4, 0.5) is 0 Å². The molecule has 0 bridgehead atoms. The fourth-order valence-corrected chi connectivity index (χ4v) is 1.44. The first-order valence-electron chi connectivity index (χ1n) is 4.63. The summed E-state index contributed by atoms with van der Waals surface area (Å²) >= 11 is 0. The van der Waals surface area contributed by atoms with E-state index < -0.39 is 0 Å². The van der Waals surface area contributed by atoms with Crippen LogP contribution >= 0.6 is 0 Å². The lowest BCUT2D eigenvalue weighted by Gasteiger charge is -2.13. The average molecular weight is 180 g/mol. The first-order valence-corrected chi connectivity index (χ1v) is 4.63. The molecule has 0 spiro atoms. The maximum absolute atomic E-state index is 8.40. The molecule has 0 heterocycles. The minimum Gasteiger partial charge on any atom is -0.251 e. The summed E-state index contributed by atoms with van der Waals surface area (Å²) in [6.07, 6.45) is 1.10. The van der Waals surface area contributed by atoms with Gasteiger partial charge in [-0.25, -0.2) is 4.89 Å². The molecule has 13 heavy (non-hydrogen) atoms. The van der Waals surface area contributed by atoms with Crippen molar-refractivity contribution in [2.75, 3.05) is 0 Å². The lowest BCUT2D eigenvalue weighted by Crippen LogP contribution is -1.99. The van der Waals surface area contributed by atoms with Gasteiger partial charge in [0.1, 0.15) is 6.61 Å². The molecular formula is C11H16O2. The van der Waals surface area contributed by atoms with E-state index >= 15 is 0 Å². The maximum Gasteiger partial charge on any atom is 0.107 e. The third-order valence-corrected chi connectivity index (χ3v) is 2.42. The Hall–Kier alpha value is -0.860. The van der Waals surface area contributed by atoms with Crippen molar-refractivity contribution in [1.82, 2.24) is 0 Å². The Morgan fingerprint density at radius 3 is 2.69 bits per heavy atom. The fraction of sp³-hybridized carbons (Fsp3) is 0.455. The van der Waals surface area contributed by atoms with Crippen molar-refractivity contribution >= 4 is 0 Å². The quantitative estimate of drug-likeness (QED) is 0.569. The zero-order chi connectivity index (χ0) is 9.68. The Morgan fingerprint density at radius 2 is 2.08 bits per heavy atom. The molecule has 1 aromatic rings. The van der Waals surface area contributed by atoms with Gasteiger partial charge in [-0.05, 0) is 23.5 Å². The second-order valence-corrected chi connectivity index (χ2v) is 3.28. The van der Waals surface area contributed by atoms with Crippen LogP contribution in [0.2, 0.25) is 0 Å². The van der Waals surface area contributed by atoms with E-state index in [9.17, 15) is 0 Å². The van der Waals surface area contributed by atoms with E-state index in [-0.39, 0.29) is 6.61 Å². The van der Waals surface area contributed by atoms with E-state index in [1.807, 2.05) is 18.2 Å². The molecule has 0 aliphatic rings. The fourth-order valence-electron chi connectivity index (χ4n) is 1.44. The van der Waals surface area contributed by atoms with Crippen molar-refractivity contribution in [2.45, 2.75) is 32.8 Å². The summed E-state index contributed by atoms with van der Waals surface area (Å²) in [5.41, 5.74) is 2.33. The highest BCUT2D eigenvalue weighted by Crippen LogP contribution is 2.22. The topological polar surface area (TPSA) is 29.5 Å². The third kappa shape index (κ3) is 2.54. The van der Waals surface area contributed by atoms with Crippen molar-refractivity contribution in [2.24, 2.45) is 0 Å². The number of hydrogen-bond acceptors (Lipinski definition) is 2. The standard InChI is InChI=1S/C11H16O2/c1-3-9(2)11-7-5-4-6-10(11)8-13-12/h4-7,9,12H,3,8H2,1-2H3. The molecule has 2 heteroatoms. The molecule has 0 saturated carbocycles. The maximum atomic E-state index is 8.40. The Labute approximate surface area is 79.1 Å². The van der Waals surface area contributed by atoms with Crippen LogP contribution in [0, 0.1) is 0 Å². The van der Waals surface area contributed by atoms with E-state index in [1.165, 1.54) is 5.56 Å². The van der Waals surface area contributed by atoms with Gasteiger partial charge in [-0.15, -0.1) is 0 Å². The van der Waals surface area contributed by atoms with Crippen molar-refractivity contribution in [3.05, 3.63) is 35.4 Å². The number of benzene rings is 1. The molecule has 0 aliphatic heterocycles. The molecular weight excluding hydrogens is 164 g/mol. The first-order chi connectivity index (χ1) is 6.29. The molecule has 2 nitrogen and oxygen atoms in total. The Balaban J connectivity index is 2.90. The molecule has 0 amide bonds. The third-order valence-electron chi connectivity index (χ3n) is 2.42. The highest BCUT2D eigenvalue weighted by molar-refractivity contribution is 5.29. The summed E-state index contributed by atoms with van der Waals surface area (Å²) in [4.78, 5) is 4.16. The van der Waals surface area contributed by atoms with Gasteiger partial charge in [-0.2, -0.15) is 0 Å². The molecule has 1 rings (SSSR count). The van der Waals surface area contributed by atoms with E-state index in [0.717, 1.165) is 12.0 Å². The molecule has 0 fully saturated rings. The molecule has 0 aliphatic carbocycles. The number of rotatable bonds is 4. The summed E-state index contributed by atoms with van der Waals surface area (Å²) in [5.74, 6) is 0.520. The minimum absolute atomic E-state index is 0.278. The largest absolute Gasteiger partial charge is 0.251 e. The Bertz CT molecular complexity index is 258. The summed E-state index contributed by atoms with van der Waals surface area (Å²) in [6, 6.07) is 8.04. The lowest BCUT2D eigenvalue weighted by molar-refractivity contribution is -0.253. The number of hydrogen-bond donors (Lipinski definition) is 1. The van der Waals surface area contributed by atoms with Gasteiger partial charge in [0.2, 0.25) is 0 Å². The molecule has 0 radical (unpaired) electrons. The average Bonchev–Trinajstić information content (AvgIpc) is 2.18. The highest BCUT2D eigenvalue weighted by Gasteiger charge is 2.07. The summed E-state index contributed by atoms with van der Waals surface area (Å²) in [7, 11) is 0. The van der Waals surface area contributed by atoms with Crippen LogP contribution in [0.1, 0.15) is 37.3 Å². The normalized spacial score (nSPS) is 12.8. The van der Waals surface area contributed by atoms with Gasteiger partial charge >= 0.3 is 0 Å². The summed E-state index contributed by atoms with van der Waals surface area (Å²) in [6.45, 7) is 4.61. The van der Waals surface area contributed by atoms with Gasteiger partial charge in [0.15, 0.2) is 0 Å². The van der Waals surface area contributed by atoms with Crippen molar-refractivity contribution in [3.8, 4) is 0 Å². The minimum atomic E-state index is 0.278. The molecule has 1 unspecified atom stereocenters. The predicted molar refractivity (Wildman–Crippen MR) is 52.6 cm³/mol. The molecule has 72 valence electrons. The zero-order valence-corrected chi connectivity index (χ0v) is 8.16. The van der Waals surface area contributed by atoms with Crippen molar-refractivity contribution < 1.29 is 10.1 Å². The summed E-state index contributed by atoms with van der Waals surface area (Å²) < 4.78 is 0. The SMILES string of the molecule is CCC(C)c1ccccc1COO. The Kier molecular flexibility index (Phi) is 3.93. The predicted octanol–water partition coefficient (Wildman–Crippen LogP) is 3.19. The second-order valence-electron chi connectivity index (χ2n) is 3.28. The van der Waals surface area contributed by atoms with Gasteiger partial charge < -0.3 is 0 Å². The Morgan fingerprint density at radius 1 is 1.38 bits per heavy atom. The van der Waals surface area contributed by atoms with E-state index in [1.54, 1.807) is 0 Å². The van der Waals surface area contributed by atoms with Gasteiger partial charge in [0.25, 0.3) is 0 Å². The summed E-state index contributed by atoms with van der Waals surface area (Å²) in [5, 5.41) is 8.40. The first kappa shape index (κ1) is 10.2. The van der Waals surface area contributed by atoms with Crippen LogP contribution in [0.3, 0.4) is 0 Å². The van der Waals surface area contributed by atoms with Crippen molar-refractivity contribution in [1.29, 1.82) is 0 Å². The van der Waals surface area contributed by atoms with Crippen LogP contribution in [0.15, 0.2) is 24.3 Å². The molecule has 1 N–H and O–H groups in total. The lowest BCUT2D eigenvalue weighted by atomic mass is 9.94. The van der Waals surface area contributed by atoms with E-state index in [4.69, 9.17) is 5.26 Å². The molecule has 0 saturated heterocycles.